The van der Waals surface area contributed by atoms with Gasteiger partial charge in [-0.05, 0) is 57.9 Å². The van der Waals surface area contributed by atoms with Crippen LogP contribution in [-0.4, -0.2) is 40.0 Å². The molecule has 3 rings (SSSR count). The first-order valence-corrected chi connectivity index (χ1v) is 8.72. The third kappa shape index (κ3) is 4.20. The molecule has 0 atom stereocenters. The fourth-order valence-electron chi connectivity index (χ4n) is 2.91. The summed E-state index contributed by atoms with van der Waals surface area (Å²) in [5.74, 6) is -0.144. The summed E-state index contributed by atoms with van der Waals surface area (Å²) in [5.41, 5.74) is 2.27. The zero-order valence-corrected chi connectivity index (χ0v) is 15.1. The molecule has 2 heterocycles. The summed E-state index contributed by atoms with van der Waals surface area (Å²) in [6, 6.07) is 7.60. The Morgan fingerprint density at radius 1 is 1.20 bits per heavy atom. The molecule has 25 heavy (non-hydrogen) atoms. The number of nitrogens with one attached hydrogen (secondary N) is 1. The number of nitrogens with zero attached hydrogens (tertiary/aromatic N) is 3. The van der Waals surface area contributed by atoms with E-state index in [-0.39, 0.29) is 17.6 Å². The van der Waals surface area contributed by atoms with Crippen molar-refractivity contribution in [1.82, 2.24) is 9.78 Å². The number of amides is 1. The van der Waals surface area contributed by atoms with E-state index in [9.17, 15) is 9.90 Å². The lowest BCUT2D eigenvalue weighted by molar-refractivity contribution is 0.102. The first-order valence-electron chi connectivity index (χ1n) is 8.72. The highest BCUT2D eigenvalue weighted by atomic mass is 16.3. The number of hydrogen-bond donors (Lipinski definition) is 2. The number of benzene rings is 1. The molecule has 2 aromatic rings. The van der Waals surface area contributed by atoms with Crippen LogP contribution in [0.5, 0.6) is 0 Å². The lowest BCUT2D eigenvalue weighted by Crippen LogP contribution is -2.35. The number of rotatable bonds is 3. The maximum atomic E-state index is 12.4. The SMILES string of the molecule is CC(C)(C)n1cc(NC(=O)c2ccc(N3CCC(O)CC3)cc2)cn1. The number of anilines is 2. The normalized spacial score (nSPS) is 16.1. The van der Waals surface area contributed by atoms with Crippen LogP contribution in [0.25, 0.3) is 0 Å². The minimum absolute atomic E-state index is 0.118. The van der Waals surface area contributed by atoms with E-state index in [1.165, 1.54) is 0 Å². The summed E-state index contributed by atoms with van der Waals surface area (Å²) in [4.78, 5) is 14.6. The summed E-state index contributed by atoms with van der Waals surface area (Å²) in [6.45, 7) is 7.87. The molecule has 0 unspecified atom stereocenters. The van der Waals surface area contributed by atoms with Crippen LogP contribution in [0.4, 0.5) is 11.4 Å². The second-order valence-electron chi connectivity index (χ2n) is 7.56. The van der Waals surface area contributed by atoms with Crippen molar-refractivity contribution in [2.75, 3.05) is 23.3 Å². The van der Waals surface area contributed by atoms with E-state index in [0.29, 0.717) is 11.3 Å². The Balaban J connectivity index is 1.64. The molecule has 6 heteroatoms. The minimum Gasteiger partial charge on any atom is -0.393 e. The fourth-order valence-corrected chi connectivity index (χ4v) is 2.91. The average Bonchev–Trinajstić information content (AvgIpc) is 3.04. The van der Waals surface area contributed by atoms with Gasteiger partial charge in [0.15, 0.2) is 0 Å². The first-order chi connectivity index (χ1) is 11.8. The van der Waals surface area contributed by atoms with Crippen molar-refractivity contribution in [3.05, 3.63) is 42.2 Å². The van der Waals surface area contributed by atoms with Gasteiger partial charge in [0.1, 0.15) is 0 Å². The Labute approximate surface area is 148 Å². The number of hydrogen-bond acceptors (Lipinski definition) is 4. The van der Waals surface area contributed by atoms with E-state index in [2.05, 4.69) is 36.1 Å². The van der Waals surface area contributed by atoms with Crippen molar-refractivity contribution in [3.63, 3.8) is 0 Å². The monoisotopic (exact) mass is 342 g/mol. The molecule has 1 fully saturated rings. The predicted octanol–water partition coefficient (Wildman–Crippen LogP) is 2.85. The van der Waals surface area contributed by atoms with E-state index in [0.717, 1.165) is 31.6 Å². The van der Waals surface area contributed by atoms with Gasteiger partial charge in [-0.1, -0.05) is 0 Å². The minimum atomic E-state index is -0.185. The van der Waals surface area contributed by atoms with Crippen LogP contribution in [0.1, 0.15) is 44.0 Å². The van der Waals surface area contributed by atoms with Crippen molar-refractivity contribution in [2.24, 2.45) is 0 Å². The summed E-state index contributed by atoms with van der Waals surface area (Å²) in [6.07, 6.45) is 4.90. The fraction of sp³-hybridized carbons (Fsp3) is 0.474. The Morgan fingerprint density at radius 3 is 2.40 bits per heavy atom. The molecule has 134 valence electrons. The van der Waals surface area contributed by atoms with Gasteiger partial charge in [-0.3, -0.25) is 9.48 Å². The van der Waals surface area contributed by atoms with Gasteiger partial charge in [-0.2, -0.15) is 5.10 Å². The Morgan fingerprint density at radius 2 is 1.84 bits per heavy atom. The van der Waals surface area contributed by atoms with Crippen molar-refractivity contribution in [3.8, 4) is 0 Å². The molecule has 0 spiro atoms. The molecule has 1 aliphatic rings. The third-order valence-electron chi connectivity index (χ3n) is 4.49. The molecule has 1 saturated heterocycles. The predicted molar refractivity (Wildman–Crippen MR) is 99.1 cm³/mol. The number of aliphatic hydroxyl groups excluding tert-OH is 1. The number of piperidine rings is 1. The summed E-state index contributed by atoms with van der Waals surface area (Å²) in [7, 11) is 0. The molecule has 0 aliphatic carbocycles. The van der Waals surface area contributed by atoms with E-state index in [1.54, 1.807) is 6.20 Å². The van der Waals surface area contributed by atoms with Gasteiger partial charge in [0.25, 0.3) is 5.91 Å². The van der Waals surface area contributed by atoms with Crippen LogP contribution >= 0.6 is 0 Å². The zero-order chi connectivity index (χ0) is 18.0. The van der Waals surface area contributed by atoms with Gasteiger partial charge in [-0.15, -0.1) is 0 Å². The second-order valence-corrected chi connectivity index (χ2v) is 7.56. The molecular formula is C19H26N4O2. The Hall–Kier alpha value is -2.34. The van der Waals surface area contributed by atoms with E-state index < -0.39 is 0 Å². The van der Waals surface area contributed by atoms with Crippen molar-refractivity contribution in [1.29, 1.82) is 0 Å². The molecule has 0 radical (unpaired) electrons. The number of carbonyl (C=O) groups is 1. The van der Waals surface area contributed by atoms with E-state index in [1.807, 2.05) is 35.1 Å². The quantitative estimate of drug-likeness (QED) is 0.900. The Kier molecular flexibility index (Phi) is 4.81. The van der Waals surface area contributed by atoms with E-state index >= 15 is 0 Å². The number of aliphatic hydroxyl groups is 1. The molecule has 1 aliphatic heterocycles. The van der Waals surface area contributed by atoms with Gasteiger partial charge in [0.2, 0.25) is 0 Å². The highest BCUT2D eigenvalue weighted by molar-refractivity contribution is 6.04. The van der Waals surface area contributed by atoms with Gasteiger partial charge in [-0.25, -0.2) is 0 Å². The van der Waals surface area contributed by atoms with E-state index in [4.69, 9.17) is 0 Å². The van der Waals surface area contributed by atoms with Crippen LogP contribution in [-0.2, 0) is 5.54 Å². The highest BCUT2D eigenvalue weighted by Crippen LogP contribution is 2.21. The van der Waals surface area contributed by atoms with Gasteiger partial charge >= 0.3 is 0 Å². The summed E-state index contributed by atoms with van der Waals surface area (Å²) < 4.78 is 1.83. The Bertz CT molecular complexity index is 723. The lowest BCUT2D eigenvalue weighted by Gasteiger charge is -2.31. The summed E-state index contributed by atoms with van der Waals surface area (Å²) >= 11 is 0. The zero-order valence-electron chi connectivity index (χ0n) is 15.1. The maximum Gasteiger partial charge on any atom is 0.255 e. The molecule has 2 N–H and O–H groups in total. The highest BCUT2D eigenvalue weighted by Gasteiger charge is 2.18. The molecule has 0 saturated carbocycles. The molecule has 0 bridgehead atoms. The van der Waals surface area contributed by atoms with Crippen LogP contribution in [0, 0.1) is 0 Å². The molecule has 1 amide bonds. The van der Waals surface area contributed by atoms with Crippen LogP contribution < -0.4 is 10.2 Å². The number of aromatic nitrogens is 2. The van der Waals surface area contributed by atoms with Crippen LogP contribution in [0.15, 0.2) is 36.7 Å². The lowest BCUT2D eigenvalue weighted by atomic mass is 10.1. The van der Waals surface area contributed by atoms with Gasteiger partial charge < -0.3 is 15.3 Å². The van der Waals surface area contributed by atoms with Crippen LogP contribution in [0.2, 0.25) is 0 Å². The summed E-state index contributed by atoms with van der Waals surface area (Å²) in [5, 5.41) is 16.8. The molecule has 6 nitrogen and oxygen atoms in total. The number of carbonyl (C=O) groups excluding carboxylic acids is 1. The topological polar surface area (TPSA) is 70.4 Å². The van der Waals surface area contributed by atoms with Crippen molar-refractivity contribution >= 4 is 17.3 Å². The first kappa shape index (κ1) is 17.5. The molecular weight excluding hydrogens is 316 g/mol. The standard InChI is InChI=1S/C19H26N4O2/c1-19(2,3)23-13-15(12-20-23)21-18(25)14-4-6-16(7-5-14)22-10-8-17(24)9-11-22/h4-7,12-13,17,24H,8-11H2,1-3H3,(H,21,25). The molecule has 1 aromatic carbocycles. The third-order valence-corrected chi connectivity index (χ3v) is 4.49. The second kappa shape index (κ2) is 6.88. The smallest absolute Gasteiger partial charge is 0.255 e. The van der Waals surface area contributed by atoms with Gasteiger partial charge in [0, 0.05) is 30.5 Å². The average molecular weight is 342 g/mol. The maximum absolute atomic E-state index is 12.4. The largest absolute Gasteiger partial charge is 0.393 e. The van der Waals surface area contributed by atoms with Crippen molar-refractivity contribution < 1.29 is 9.90 Å². The van der Waals surface area contributed by atoms with Crippen molar-refractivity contribution in [2.45, 2.75) is 45.3 Å². The van der Waals surface area contributed by atoms with Gasteiger partial charge in [0.05, 0.1) is 23.5 Å². The van der Waals surface area contributed by atoms with Crippen LogP contribution in [0.3, 0.4) is 0 Å². The molecule has 1 aromatic heterocycles.